The van der Waals surface area contributed by atoms with Crippen molar-refractivity contribution in [1.29, 1.82) is 0 Å². The van der Waals surface area contributed by atoms with Gasteiger partial charge in [0.1, 0.15) is 5.75 Å². The molecule has 1 aromatic heterocycles. The number of aromatic hydroxyl groups is 1. The third-order valence-corrected chi connectivity index (χ3v) is 5.44. The first-order valence-electron chi connectivity index (χ1n) is 9.33. The van der Waals surface area contributed by atoms with E-state index in [1.165, 1.54) is 16.7 Å². The normalized spacial score (nSPS) is 13.3. The number of nitrogens with zero attached hydrogens (tertiary/aromatic N) is 1. The van der Waals surface area contributed by atoms with Gasteiger partial charge in [-0.25, -0.2) is 0 Å². The molecular weight excluding hydrogens is 366 g/mol. The summed E-state index contributed by atoms with van der Waals surface area (Å²) >= 11 is 0. The highest BCUT2D eigenvalue weighted by Gasteiger charge is 2.32. The number of aromatic nitrogens is 1. The first kappa shape index (κ1) is 17.4. The number of aliphatic hydroxyl groups is 1. The lowest BCUT2D eigenvalue weighted by Gasteiger charge is -2.18. The van der Waals surface area contributed by atoms with Crippen molar-refractivity contribution in [2.24, 2.45) is 0 Å². The van der Waals surface area contributed by atoms with Gasteiger partial charge >= 0.3 is 0 Å². The quantitative estimate of drug-likeness (QED) is 0.498. The Kier molecular flexibility index (Phi) is 3.86. The number of carbonyl (C=O) groups is 1. The van der Waals surface area contributed by atoms with Crippen molar-refractivity contribution in [1.82, 2.24) is 4.57 Å². The fraction of sp³-hybridized carbons (Fsp3) is 0.0833. The third-order valence-electron chi connectivity index (χ3n) is 5.44. The Morgan fingerprint density at radius 3 is 2.28 bits per heavy atom. The maximum Gasteiger partial charge on any atom is 0.259 e. The van der Waals surface area contributed by atoms with Crippen LogP contribution in [0.2, 0.25) is 0 Å². The molecule has 5 heteroatoms. The first-order valence-corrected chi connectivity index (χ1v) is 9.33. The predicted octanol–water partition coefficient (Wildman–Crippen LogP) is 3.65. The number of aliphatic hydroxyl groups excluding tert-OH is 1. The summed E-state index contributed by atoms with van der Waals surface area (Å²) in [6, 6.07) is 20.6. The van der Waals surface area contributed by atoms with Crippen LogP contribution >= 0.6 is 0 Å². The maximum absolute atomic E-state index is 13.3. The minimum absolute atomic E-state index is 0.0307. The summed E-state index contributed by atoms with van der Waals surface area (Å²) in [6.45, 7) is -0.0307. The topological polar surface area (TPSA) is 79.5 Å². The van der Waals surface area contributed by atoms with Gasteiger partial charge in [0.05, 0.1) is 23.9 Å². The molecule has 1 atom stereocenters. The molecule has 0 saturated carbocycles. The summed E-state index contributed by atoms with van der Waals surface area (Å²) in [5, 5.41) is 21.6. The van der Waals surface area contributed by atoms with E-state index in [2.05, 4.69) is 0 Å². The maximum atomic E-state index is 13.3. The van der Waals surface area contributed by atoms with Gasteiger partial charge in [-0.1, -0.05) is 54.6 Å². The second-order valence-corrected chi connectivity index (χ2v) is 7.17. The van der Waals surface area contributed by atoms with Crippen molar-refractivity contribution in [3.8, 4) is 17.0 Å². The summed E-state index contributed by atoms with van der Waals surface area (Å²) in [4.78, 5) is 26.5. The molecule has 5 nitrogen and oxygen atoms in total. The molecule has 1 heterocycles. The summed E-state index contributed by atoms with van der Waals surface area (Å²) in [7, 11) is 0. The molecule has 0 amide bonds. The highest BCUT2D eigenvalue weighted by molar-refractivity contribution is 6.26. The summed E-state index contributed by atoms with van der Waals surface area (Å²) in [6.07, 6.45) is -1.02. The van der Waals surface area contributed by atoms with Crippen LogP contribution in [0.3, 0.4) is 0 Å². The highest BCUT2D eigenvalue weighted by Crippen LogP contribution is 2.39. The Labute approximate surface area is 166 Å². The van der Waals surface area contributed by atoms with Gasteiger partial charge in [-0.05, 0) is 23.8 Å². The second kappa shape index (κ2) is 6.43. The second-order valence-electron chi connectivity index (χ2n) is 7.17. The van der Waals surface area contributed by atoms with E-state index < -0.39 is 6.10 Å². The zero-order valence-corrected chi connectivity index (χ0v) is 15.4. The van der Waals surface area contributed by atoms with Gasteiger partial charge < -0.3 is 14.8 Å². The molecule has 5 rings (SSSR count). The minimum Gasteiger partial charge on any atom is -0.508 e. The Bertz CT molecular complexity index is 1350. The van der Waals surface area contributed by atoms with Crippen LogP contribution in [0.15, 0.2) is 77.6 Å². The van der Waals surface area contributed by atoms with E-state index in [1.807, 2.05) is 18.2 Å². The Morgan fingerprint density at radius 2 is 1.52 bits per heavy atom. The van der Waals surface area contributed by atoms with Crippen LogP contribution in [0.25, 0.3) is 22.0 Å². The average Bonchev–Trinajstić information content (AvgIpc) is 3.04. The molecule has 0 radical (unpaired) electrons. The smallest absolute Gasteiger partial charge is 0.259 e. The number of phenolic OH excluding ortho intramolecular Hbond substituents is 1. The van der Waals surface area contributed by atoms with Crippen LogP contribution in [0.1, 0.15) is 27.6 Å². The van der Waals surface area contributed by atoms with Crippen molar-refractivity contribution in [3.05, 3.63) is 99.8 Å². The lowest BCUT2D eigenvalue weighted by atomic mass is 10.0. The fourth-order valence-electron chi connectivity index (χ4n) is 4.11. The van der Waals surface area contributed by atoms with E-state index in [4.69, 9.17) is 0 Å². The predicted molar refractivity (Wildman–Crippen MR) is 110 cm³/mol. The first-order chi connectivity index (χ1) is 14.1. The zero-order valence-electron chi connectivity index (χ0n) is 15.4. The standard InChI is InChI=1S/C24H17NO4/c26-15-7-5-6-14(12-15)20(27)13-25-22-17-9-2-3-10-18(17)23(28)21(22)16-8-1-4-11-19(16)24(25)29/h1-12,20,26-27H,13H2. The van der Waals surface area contributed by atoms with Gasteiger partial charge in [0.2, 0.25) is 0 Å². The van der Waals surface area contributed by atoms with E-state index in [-0.39, 0.29) is 23.6 Å². The highest BCUT2D eigenvalue weighted by atomic mass is 16.3. The molecule has 0 spiro atoms. The van der Waals surface area contributed by atoms with Gasteiger partial charge in [-0.15, -0.1) is 0 Å². The summed E-state index contributed by atoms with van der Waals surface area (Å²) in [5.41, 5.74) is 2.51. The lowest BCUT2D eigenvalue weighted by molar-refractivity contribution is 0.104. The molecule has 4 aromatic rings. The summed E-state index contributed by atoms with van der Waals surface area (Å²) < 4.78 is 1.48. The molecule has 2 N–H and O–H groups in total. The molecule has 0 bridgehead atoms. The molecule has 142 valence electrons. The van der Waals surface area contributed by atoms with E-state index >= 15 is 0 Å². The van der Waals surface area contributed by atoms with Gasteiger partial charge in [0, 0.05) is 21.9 Å². The zero-order chi connectivity index (χ0) is 20.1. The summed E-state index contributed by atoms with van der Waals surface area (Å²) in [5.74, 6) is -0.0782. The fourth-order valence-corrected chi connectivity index (χ4v) is 4.11. The van der Waals surface area contributed by atoms with Crippen molar-refractivity contribution in [2.45, 2.75) is 12.6 Å². The Hall–Kier alpha value is -3.70. The molecule has 0 saturated heterocycles. The monoisotopic (exact) mass is 383 g/mol. The van der Waals surface area contributed by atoms with Gasteiger partial charge in [0.25, 0.3) is 5.56 Å². The van der Waals surface area contributed by atoms with Crippen LogP contribution in [0.5, 0.6) is 5.75 Å². The molecular formula is C24H17NO4. The molecule has 1 unspecified atom stereocenters. The number of carbonyl (C=O) groups excluding carboxylic acids is 1. The number of pyridine rings is 1. The molecule has 3 aromatic carbocycles. The molecule has 29 heavy (non-hydrogen) atoms. The van der Waals surface area contributed by atoms with Crippen molar-refractivity contribution < 1.29 is 15.0 Å². The molecule has 0 fully saturated rings. The third kappa shape index (κ3) is 2.59. The number of ketones is 1. The Balaban J connectivity index is 1.78. The van der Waals surface area contributed by atoms with Crippen LogP contribution in [0, 0.1) is 0 Å². The largest absolute Gasteiger partial charge is 0.508 e. The number of hydrogen-bond donors (Lipinski definition) is 2. The van der Waals surface area contributed by atoms with Crippen molar-refractivity contribution >= 4 is 16.6 Å². The Morgan fingerprint density at radius 1 is 0.828 bits per heavy atom. The van der Waals surface area contributed by atoms with Crippen molar-refractivity contribution in [2.75, 3.05) is 0 Å². The molecule has 1 aliphatic rings. The van der Waals surface area contributed by atoms with Gasteiger partial charge in [-0.2, -0.15) is 0 Å². The van der Waals surface area contributed by atoms with E-state index in [1.54, 1.807) is 42.5 Å². The van der Waals surface area contributed by atoms with Crippen LogP contribution in [-0.4, -0.2) is 20.6 Å². The van der Waals surface area contributed by atoms with E-state index in [0.29, 0.717) is 38.7 Å². The SMILES string of the molecule is O=C1c2ccccc2-c2c1c1ccccc1c(=O)n2CC(O)c1cccc(O)c1. The number of fused-ring (bicyclic) bond motifs is 5. The number of rotatable bonds is 3. The number of phenols is 1. The number of benzene rings is 3. The van der Waals surface area contributed by atoms with Gasteiger partial charge in [0.15, 0.2) is 5.78 Å². The van der Waals surface area contributed by atoms with Gasteiger partial charge in [-0.3, -0.25) is 9.59 Å². The van der Waals surface area contributed by atoms with Crippen molar-refractivity contribution in [3.63, 3.8) is 0 Å². The van der Waals surface area contributed by atoms with E-state index in [9.17, 15) is 19.8 Å². The lowest BCUT2D eigenvalue weighted by Crippen LogP contribution is -2.26. The van der Waals surface area contributed by atoms with Crippen LogP contribution in [0.4, 0.5) is 0 Å². The molecule has 1 aliphatic carbocycles. The van der Waals surface area contributed by atoms with E-state index in [0.717, 1.165) is 0 Å². The minimum atomic E-state index is -1.02. The number of hydrogen-bond acceptors (Lipinski definition) is 4. The van der Waals surface area contributed by atoms with Crippen LogP contribution < -0.4 is 5.56 Å². The molecule has 0 aliphatic heterocycles. The average molecular weight is 383 g/mol. The van der Waals surface area contributed by atoms with Crippen LogP contribution in [-0.2, 0) is 6.54 Å².